The number of hydrogen-bond acceptors (Lipinski definition) is 3. The molecule has 0 fully saturated rings. The van der Waals surface area contributed by atoms with Crippen LogP contribution in [0.15, 0.2) is 18.2 Å². The molecule has 0 spiro atoms. The molecule has 0 atom stereocenters. The summed E-state index contributed by atoms with van der Waals surface area (Å²) in [7, 11) is 1.49. The maximum Gasteiger partial charge on any atom is 0.136 e. The van der Waals surface area contributed by atoms with Crippen molar-refractivity contribution in [2.24, 2.45) is 5.73 Å². The molecule has 0 bridgehead atoms. The maximum absolute atomic E-state index is 8.71. The van der Waals surface area contributed by atoms with Crippen LogP contribution in [0.4, 0.5) is 0 Å². The first-order valence-corrected chi connectivity index (χ1v) is 3.61. The van der Waals surface area contributed by atoms with Crippen molar-refractivity contribution in [2.45, 2.75) is 0 Å². The Hall–Kier alpha value is -2.02. The van der Waals surface area contributed by atoms with Gasteiger partial charge in [-0.05, 0) is 18.2 Å². The van der Waals surface area contributed by atoms with Crippen molar-refractivity contribution in [1.82, 2.24) is 0 Å². The van der Waals surface area contributed by atoms with Gasteiger partial charge in [0.2, 0.25) is 0 Å². The van der Waals surface area contributed by atoms with Gasteiger partial charge in [0.15, 0.2) is 0 Å². The number of methoxy groups -OCH3 is 1. The van der Waals surface area contributed by atoms with Gasteiger partial charge in [0.1, 0.15) is 17.7 Å². The minimum absolute atomic E-state index is 0.0563. The average Bonchev–Trinajstić information content (AvgIpc) is 2.16. The van der Waals surface area contributed by atoms with E-state index >= 15 is 0 Å². The first-order valence-electron chi connectivity index (χ1n) is 3.61. The lowest BCUT2D eigenvalue weighted by Gasteiger charge is -2.03. The largest absolute Gasteiger partial charge is 0.495 e. The SMILES string of the molecule is COc1ccc(C(=N)N)cc1C#N. The van der Waals surface area contributed by atoms with Gasteiger partial charge >= 0.3 is 0 Å². The molecule has 0 heterocycles. The molecule has 1 rings (SSSR count). The number of nitrogen functional groups attached to an aromatic ring is 1. The Kier molecular flexibility index (Phi) is 2.50. The molecule has 13 heavy (non-hydrogen) atoms. The summed E-state index contributed by atoms with van der Waals surface area (Å²) in [5, 5.41) is 15.9. The third-order valence-electron chi connectivity index (χ3n) is 1.63. The second-order valence-electron chi connectivity index (χ2n) is 2.44. The number of rotatable bonds is 2. The molecule has 0 aliphatic carbocycles. The highest BCUT2D eigenvalue weighted by Gasteiger charge is 2.04. The Morgan fingerprint density at radius 1 is 1.62 bits per heavy atom. The highest BCUT2D eigenvalue weighted by molar-refractivity contribution is 5.95. The molecule has 4 nitrogen and oxygen atoms in total. The number of nitrogens with two attached hydrogens (primary N) is 1. The molecule has 0 saturated carbocycles. The second kappa shape index (κ2) is 3.59. The van der Waals surface area contributed by atoms with E-state index in [0.717, 1.165) is 0 Å². The zero-order valence-electron chi connectivity index (χ0n) is 7.16. The number of amidine groups is 1. The average molecular weight is 175 g/mol. The van der Waals surface area contributed by atoms with E-state index in [9.17, 15) is 0 Å². The minimum Gasteiger partial charge on any atom is -0.495 e. The van der Waals surface area contributed by atoms with Crippen molar-refractivity contribution in [3.63, 3.8) is 0 Å². The first-order chi connectivity index (χ1) is 6.19. The van der Waals surface area contributed by atoms with Crippen molar-refractivity contribution in [2.75, 3.05) is 7.11 Å². The zero-order valence-corrected chi connectivity index (χ0v) is 7.16. The summed E-state index contributed by atoms with van der Waals surface area (Å²) in [4.78, 5) is 0. The number of ether oxygens (including phenoxy) is 1. The molecule has 1 aromatic rings. The van der Waals surface area contributed by atoms with Gasteiger partial charge in [-0.25, -0.2) is 0 Å². The van der Waals surface area contributed by atoms with Crippen LogP contribution in [0, 0.1) is 16.7 Å². The molecule has 0 saturated heterocycles. The zero-order chi connectivity index (χ0) is 9.84. The molecule has 0 aliphatic rings. The van der Waals surface area contributed by atoms with Gasteiger partial charge in [0.05, 0.1) is 12.7 Å². The van der Waals surface area contributed by atoms with E-state index in [4.69, 9.17) is 21.1 Å². The molecule has 1 aromatic carbocycles. The van der Waals surface area contributed by atoms with Crippen LogP contribution < -0.4 is 10.5 Å². The molecule has 0 aliphatic heterocycles. The number of hydrogen-bond donors (Lipinski definition) is 2. The van der Waals surface area contributed by atoms with Crippen LogP contribution in [0.25, 0.3) is 0 Å². The lowest BCUT2D eigenvalue weighted by atomic mass is 10.1. The van der Waals surface area contributed by atoms with Crippen molar-refractivity contribution in [3.05, 3.63) is 29.3 Å². The van der Waals surface area contributed by atoms with Crippen LogP contribution in [-0.2, 0) is 0 Å². The van der Waals surface area contributed by atoms with Crippen molar-refractivity contribution in [1.29, 1.82) is 10.7 Å². The number of nitrogens with zero attached hydrogens (tertiary/aromatic N) is 1. The fourth-order valence-electron chi connectivity index (χ4n) is 0.963. The van der Waals surface area contributed by atoms with E-state index in [2.05, 4.69) is 0 Å². The summed E-state index contributed by atoms with van der Waals surface area (Å²) >= 11 is 0. The van der Waals surface area contributed by atoms with E-state index in [0.29, 0.717) is 16.9 Å². The van der Waals surface area contributed by atoms with Crippen LogP contribution in [0.2, 0.25) is 0 Å². The highest BCUT2D eigenvalue weighted by Crippen LogP contribution is 2.18. The third kappa shape index (κ3) is 1.76. The minimum atomic E-state index is -0.0563. The predicted molar refractivity (Wildman–Crippen MR) is 48.7 cm³/mol. The van der Waals surface area contributed by atoms with Crippen LogP contribution in [0.1, 0.15) is 11.1 Å². The summed E-state index contributed by atoms with van der Waals surface area (Å²) in [6.07, 6.45) is 0. The Morgan fingerprint density at radius 2 is 2.31 bits per heavy atom. The van der Waals surface area contributed by atoms with Gasteiger partial charge in [-0.2, -0.15) is 5.26 Å². The smallest absolute Gasteiger partial charge is 0.136 e. The Balaban J connectivity index is 3.23. The lowest BCUT2D eigenvalue weighted by Crippen LogP contribution is -2.11. The fraction of sp³-hybridized carbons (Fsp3) is 0.111. The molecule has 0 amide bonds. The number of nitrogens with one attached hydrogen (secondary N) is 1. The summed E-state index contributed by atoms with van der Waals surface area (Å²) < 4.78 is 4.94. The maximum atomic E-state index is 8.71. The summed E-state index contributed by atoms with van der Waals surface area (Å²) in [5.41, 5.74) is 6.17. The van der Waals surface area contributed by atoms with Crippen LogP contribution >= 0.6 is 0 Å². The monoisotopic (exact) mass is 175 g/mol. The van der Waals surface area contributed by atoms with E-state index in [1.54, 1.807) is 12.1 Å². The van der Waals surface area contributed by atoms with Gasteiger partial charge in [0, 0.05) is 5.56 Å². The first kappa shape index (κ1) is 9.07. The molecule has 66 valence electrons. The standard InChI is InChI=1S/C9H9N3O/c1-13-8-3-2-6(9(11)12)4-7(8)5-10/h2-4H,1H3,(H3,11,12). The quantitative estimate of drug-likeness (QED) is 0.516. The lowest BCUT2D eigenvalue weighted by molar-refractivity contribution is 0.413. The fourth-order valence-corrected chi connectivity index (χ4v) is 0.963. The molecular weight excluding hydrogens is 166 g/mol. The normalized spacial score (nSPS) is 8.92. The van der Waals surface area contributed by atoms with Crippen LogP contribution in [-0.4, -0.2) is 12.9 Å². The second-order valence-corrected chi connectivity index (χ2v) is 2.44. The highest BCUT2D eigenvalue weighted by atomic mass is 16.5. The van der Waals surface area contributed by atoms with E-state index in [-0.39, 0.29) is 5.84 Å². The summed E-state index contributed by atoms with van der Waals surface area (Å²) in [6, 6.07) is 6.75. The molecule has 0 aromatic heterocycles. The van der Waals surface area contributed by atoms with E-state index < -0.39 is 0 Å². The van der Waals surface area contributed by atoms with Gasteiger partial charge in [0.25, 0.3) is 0 Å². The van der Waals surface area contributed by atoms with Crippen molar-refractivity contribution >= 4 is 5.84 Å². The van der Waals surface area contributed by atoms with Crippen molar-refractivity contribution < 1.29 is 4.74 Å². The van der Waals surface area contributed by atoms with Crippen molar-refractivity contribution in [3.8, 4) is 11.8 Å². The van der Waals surface area contributed by atoms with Gasteiger partial charge in [-0.15, -0.1) is 0 Å². The molecule has 0 unspecified atom stereocenters. The van der Waals surface area contributed by atoms with Crippen LogP contribution in [0.3, 0.4) is 0 Å². The Labute approximate surface area is 76.1 Å². The summed E-state index contributed by atoms with van der Waals surface area (Å²) in [5.74, 6) is 0.437. The van der Waals surface area contributed by atoms with E-state index in [1.165, 1.54) is 13.2 Å². The molecule has 0 radical (unpaired) electrons. The number of benzene rings is 1. The summed E-state index contributed by atoms with van der Waals surface area (Å²) in [6.45, 7) is 0. The third-order valence-corrected chi connectivity index (χ3v) is 1.63. The molecule has 3 N–H and O–H groups in total. The van der Waals surface area contributed by atoms with Gasteiger partial charge in [-0.1, -0.05) is 0 Å². The van der Waals surface area contributed by atoms with E-state index in [1.807, 2.05) is 6.07 Å². The molecular formula is C9H9N3O. The van der Waals surface area contributed by atoms with Crippen LogP contribution in [0.5, 0.6) is 5.75 Å². The van der Waals surface area contributed by atoms with Gasteiger partial charge in [-0.3, -0.25) is 5.41 Å². The number of nitriles is 1. The molecule has 4 heteroatoms. The Morgan fingerprint density at radius 3 is 2.77 bits per heavy atom. The predicted octanol–water partition coefficient (Wildman–Crippen LogP) is 0.851. The Bertz CT molecular complexity index is 379. The topological polar surface area (TPSA) is 82.9 Å². The van der Waals surface area contributed by atoms with Gasteiger partial charge < -0.3 is 10.5 Å².